The van der Waals surface area contributed by atoms with Gasteiger partial charge in [0, 0.05) is 23.0 Å². The number of nitrogens with zero attached hydrogens (tertiary/aromatic N) is 4. The largest absolute Gasteiger partial charge is 0.296 e. The Hall–Kier alpha value is -2.53. The summed E-state index contributed by atoms with van der Waals surface area (Å²) in [6.45, 7) is 1.90. The molecule has 0 aliphatic rings. The van der Waals surface area contributed by atoms with Gasteiger partial charge in [0.25, 0.3) is 0 Å². The van der Waals surface area contributed by atoms with Crippen LogP contribution in [0.4, 0.5) is 0 Å². The van der Waals surface area contributed by atoms with E-state index in [0.29, 0.717) is 17.0 Å². The molecule has 1 aromatic carbocycles. The Labute approximate surface area is 126 Å². The molecule has 2 heterocycles. The molecule has 5 nitrogen and oxygen atoms in total. The van der Waals surface area contributed by atoms with Gasteiger partial charge in [-0.1, -0.05) is 22.9 Å². The summed E-state index contributed by atoms with van der Waals surface area (Å²) >= 11 is 6.16. The molecule has 0 N–H and O–H groups in total. The van der Waals surface area contributed by atoms with Crippen LogP contribution in [0.15, 0.2) is 42.7 Å². The second-order valence-electron chi connectivity index (χ2n) is 4.48. The fourth-order valence-electron chi connectivity index (χ4n) is 2.14. The zero-order valence-corrected chi connectivity index (χ0v) is 11.9. The van der Waals surface area contributed by atoms with Crippen molar-refractivity contribution >= 4 is 17.9 Å². The van der Waals surface area contributed by atoms with Gasteiger partial charge in [-0.15, -0.1) is 5.10 Å². The van der Waals surface area contributed by atoms with Gasteiger partial charge in [0.2, 0.25) is 0 Å². The highest BCUT2D eigenvalue weighted by molar-refractivity contribution is 6.31. The van der Waals surface area contributed by atoms with Gasteiger partial charge in [-0.2, -0.15) is 0 Å². The van der Waals surface area contributed by atoms with Crippen LogP contribution in [0.1, 0.15) is 16.1 Å². The van der Waals surface area contributed by atoms with Gasteiger partial charge in [-0.05, 0) is 36.8 Å². The molecule has 0 saturated heterocycles. The fourth-order valence-corrected chi connectivity index (χ4v) is 2.31. The molecule has 0 aliphatic carbocycles. The van der Waals surface area contributed by atoms with E-state index in [9.17, 15) is 4.79 Å². The fraction of sp³-hybridized carbons (Fsp3) is 0.0667. The highest BCUT2D eigenvalue weighted by Gasteiger charge is 2.17. The lowest BCUT2D eigenvalue weighted by atomic mass is 10.1. The van der Waals surface area contributed by atoms with Gasteiger partial charge in [-0.25, -0.2) is 4.68 Å². The van der Waals surface area contributed by atoms with Crippen LogP contribution >= 0.6 is 11.6 Å². The van der Waals surface area contributed by atoms with Crippen LogP contribution in [0.2, 0.25) is 5.02 Å². The first-order valence-electron chi connectivity index (χ1n) is 6.29. The molecule has 0 unspecified atom stereocenters. The maximum atomic E-state index is 11.2. The number of benzene rings is 1. The molecule has 0 spiro atoms. The van der Waals surface area contributed by atoms with Crippen molar-refractivity contribution < 1.29 is 4.79 Å². The highest BCUT2D eigenvalue weighted by atomic mass is 35.5. The van der Waals surface area contributed by atoms with Gasteiger partial charge in [0.15, 0.2) is 12.0 Å². The van der Waals surface area contributed by atoms with Crippen LogP contribution in [0.3, 0.4) is 0 Å². The molecule has 3 rings (SSSR count). The molecule has 3 aromatic rings. The second-order valence-corrected chi connectivity index (χ2v) is 4.89. The van der Waals surface area contributed by atoms with Gasteiger partial charge >= 0.3 is 0 Å². The van der Waals surface area contributed by atoms with Crippen molar-refractivity contribution in [1.29, 1.82) is 0 Å². The molecule has 0 radical (unpaired) electrons. The molecule has 0 fully saturated rings. The molecule has 104 valence electrons. The summed E-state index contributed by atoms with van der Waals surface area (Å²) in [5, 5.41) is 8.65. The molecule has 0 amide bonds. The van der Waals surface area contributed by atoms with Crippen LogP contribution < -0.4 is 0 Å². The number of aldehydes is 1. The third-order valence-electron chi connectivity index (χ3n) is 3.21. The first kappa shape index (κ1) is 13.5. The van der Waals surface area contributed by atoms with Crippen LogP contribution in [0.25, 0.3) is 16.9 Å². The Morgan fingerprint density at radius 3 is 2.81 bits per heavy atom. The van der Waals surface area contributed by atoms with Crippen LogP contribution in [0.5, 0.6) is 0 Å². The van der Waals surface area contributed by atoms with Crippen molar-refractivity contribution in [2.24, 2.45) is 0 Å². The average Bonchev–Trinajstić information content (AvgIpc) is 2.94. The van der Waals surface area contributed by atoms with Gasteiger partial charge in [0.1, 0.15) is 5.69 Å². The Balaban J connectivity index is 2.28. The molecule has 0 saturated carbocycles. The van der Waals surface area contributed by atoms with E-state index in [1.54, 1.807) is 23.1 Å². The predicted octanol–water partition coefficient (Wildman–Crippen LogP) is 3.10. The minimum absolute atomic E-state index is 0.266. The zero-order chi connectivity index (χ0) is 14.8. The number of hydrogen-bond donors (Lipinski definition) is 0. The van der Waals surface area contributed by atoms with Crippen molar-refractivity contribution in [1.82, 2.24) is 20.0 Å². The van der Waals surface area contributed by atoms with Crippen molar-refractivity contribution in [3.8, 4) is 16.9 Å². The topological polar surface area (TPSA) is 60.7 Å². The molecule has 21 heavy (non-hydrogen) atoms. The number of aromatic nitrogens is 4. The molecule has 6 heteroatoms. The van der Waals surface area contributed by atoms with Crippen LogP contribution in [-0.4, -0.2) is 26.3 Å². The van der Waals surface area contributed by atoms with E-state index >= 15 is 0 Å². The van der Waals surface area contributed by atoms with E-state index in [2.05, 4.69) is 15.3 Å². The monoisotopic (exact) mass is 298 g/mol. The smallest absolute Gasteiger partial charge is 0.172 e. The molecule has 0 bridgehead atoms. The Morgan fingerprint density at radius 1 is 1.24 bits per heavy atom. The first-order chi connectivity index (χ1) is 10.2. The standard InChI is InChI=1S/C15H11ClN4O/c1-10-12(16)5-2-6-14(10)20-15(13(9-21)18-19-20)11-4-3-7-17-8-11/h2-9H,1H3. The molecule has 0 aliphatic heterocycles. The summed E-state index contributed by atoms with van der Waals surface area (Å²) in [7, 11) is 0. The van der Waals surface area contributed by atoms with Crippen molar-refractivity contribution in [3.63, 3.8) is 0 Å². The number of carbonyl (C=O) groups is 1. The minimum Gasteiger partial charge on any atom is -0.296 e. The van der Waals surface area contributed by atoms with E-state index in [0.717, 1.165) is 16.8 Å². The summed E-state index contributed by atoms with van der Waals surface area (Å²) in [4.78, 5) is 15.3. The Kier molecular flexibility index (Phi) is 3.50. The third-order valence-corrected chi connectivity index (χ3v) is 3.62. The summed E-state index contributed by atoms with van der Waals surface area (Å²) in [5.74, 6) is 0. The molecule has 0 atom stereocenters. The lowest BCUT2D eigenvalue weighted by molar-refractivity contribution is 0.111. The van der Waals surface area contributed by atoms with Crippen molar-refractivity contribution in [2.45, 2.75) is 6.92 Å². The molecular weight excluding hydrogens is 288 g/mol. The van der Waals surface area contributed by atoms with Gasteiger partial charge < -0.3 is 0 Å². The Morgan fingerprint density at radius 2 is 2.10 bits per heavy atom. The van der Waals surface area contributed by atoms with Crippen molar-refractivity contribution in [2.75, 3.05) is 0 Å². The SMILES string of the molecule is Cc1c(Cl)cccc1-n1nnc(C=O)c1-c1cccnc1. The zero-order valence-electron chi connectivity index (χ0n) is 11.2. The van der Waals surface area contributed by atoms with Crippen LogP contribution in [-0.2, 0) is 0 Å². The quantitative estimate of drug-likeness (QED) is 0.697. The summed E-state index contributed by atoms with van der Waals surface area (Å²) in [5.41, 5.74) is 3.28. The predicted molar refractivity (Wildman–Crippen MR) is 79.7 cm³/mol. The maximum absolute atomic E-state index is 11.2. The maximum Gasteiger partial charge on any atom is 0.172 e. The third kappa shape index (κ3) is 2.32. The lowest BCUT2D eigenvalue weighted by Gasteiger charge is -2.10. The number of rotatable bonds is 3. The van der Waals surface area contributed by atoms with Crippen molar-refractivity contribution in [3.05, 3.63) is 59.0 Å². The van der Waals surface area contributed by atoms with E-state index in [1.165, 1.54) is 0 Å². The molecule has 2 aromatic heterocycles. The number of hydrogen-bond acceptors (Lipinski definition) is 4. The summed E-state index contributed by atoms with van der Waals surface area (Å²) in [6.07, 6.45) is 4.02. The van der Waals surface area contributed by atoms with Gasteiger partial charge in [0.05, 0.1) is 5.69 Å². The average molecular weight is 299 g/mol. The van der Waals surface area contributed by atoms with Crippen LogP contribution in [0, 0.1) is 6.92 Å². The second kappa shape index (κ2) is 5.46. The summed E-state index contributed by atoms with van der Waals surface area (Å²) in [6, 6.07) is 9.17. The Bertz CT molecular complexity index is 799. The van der Waals surface area contributed by atoms with E-state index in [-0.39, 0.29) is 5.69 Å². The normalized spacial score (nSPS) is 10.6. The lowest BCUT2D eigenvalue weighted by Crippen LogP contribution is -2.02. The number of carbonyl (C=O) groups excluding carboxylic acids is 1. The first-order valence-corrected chi connectivity index (χ1v) is 6.67. The van der Waals surface area contributed by atoms with E-state index in [1.807, 2.05) is 31.2 Å². The number of pyridine rings is 1. The highest BCUT2D eigenvalue weighted by Crippen LogP contribution is 2.27. The van der Waals surface area contributed by atoms with E-state index < -0.39 is 0 Å². The number of halogens is 1. The minimum atomic E-state index is 0.266. The van der Waals surface area contributed by atoms with Gasteiger partial charge in [-0.3, -0.25) is 9.78 Å². The summed E-state index contributed by atoms with van der Waals surface area (Å²) < 4.78 is 1.61. The molecular formula is C15H11ClN4O. The van der Waals surface area contributed by atoms with E-state index in [4.69, 9.17) is 11.6 Å².